The average Bonchev–Trinajstić information content (AvgIpc) is 3.49. The standard InChI is InChI=1S/C70H58P4/c1-9-31-59(32-10-1)71(60-33-11-2-12-34-60)51-55-29-25-27-47-67(55)69-49-58(54-74(65-43-21-7-22-44-65)66-45-23-8-24-46-66)70(50-57(69)53-73(63-39-17-5-18-40-63)64-41-19-6-20-42-64)68-48-28-26-30-56(68)52-72(61-35-13-3-14-36-61)62-37-15-4-16-38-62/h1-50H,51-54H2. The topological polar surface area (TPSA) is 0 Å². The summed E-state index contributed by atoms with van der Waals surface area (Å²) < 4.78 is 0. The van der Waals surface area contributed by atoms with Crippen LogP contribution in [-0.4, -0.2) is 0 Å². The van der Waals surface area contributed by atoms with Crippen LogP contribution in [0.4, 0.5) is 0 Å². The van der Waals surface area contributed by atoms with E-state index in [9.17, 15) is 0 Å². The van der Waals surface area contributed by atoms with E-state index < -0.39 is 31.7 Å². The van der Waals surface area contributed by atoms with Gasteiger partial charge in [-0.2, -0.15) is 0 Å². The average molecular weight is 1020 g/mol. The normalized spacial score (nSPS) is 11.4. The molecule has 0 fully saturated rings. The van der Waals surface area contributed by atoms with E-state index in [2.05, 4.69) is 303 Å². The molecule has 0 radical (unpaired) electrons. The van der Waals surface area contributed by atoms with Crippen molar-refractivity contribution in [3.63, 3.8) is 0 Å². The predicted molar refractivity (Wildman–Crippen MR) is 328 cm³/mol. The van der Waals surface area contributed by atoms with Crippen molar-refractivity contribution < 1.29 is 0 Å². The second-order valence-corrected chi connectivity index (χ2v) is 27.3. The van der Waals surface area contributed by atoms with Crippen LogP contribution in [0.2, 0.25) is 0 Å². The maximum absolute atomic E-state index is 2.66. The minimum absolute atomic E-state index is 0.699. The fraction of sp³-hybridized carbons (Fsp3) is 0.0571. The number of rotatable bonds is 18. The van der Waals surface area contributed by atoms with Crippen LogP contribution in [-0.2, 0) is 24.6 Å². The highest BCUT2D eigenvalue weighted by atomic mass is 31.1. The lowest BCUT2D eigenvalue weighted by Gasteiger charge is -2.27. The summed E-state index contributed by atoms with van der Waals surface area (Å²) in [7, 11) is -2.97. The summed E-state index contributed by atoms with van der Waals surface area (Å²) >= 11 is 0. The highest BCUT2D eigenvalue weighted by Crippen LogP contribution is 2.50. The van der Waals surface area contributed by atoms with Gasteiger partial charge in [0.2, 0.25) is 0 Å². The van der Waals surface area contributed by atoms with Gasteiger partial charge in [0.25, 0.3) is 0 Å². The molecule has 0 aliphatic heterocycles. The van der Waals surface area contributed by atoms with E-state index in [-0.39, 0.29) is 0 Å². The Balaban J connectivity index is 1.16. The summed E-state index contributed by atoms with van der Waals surface area (Å²) in [6, 6.07) is 114. The van der Waals surface area contributed by atoms with Gasteiger partial charge in [-0.05, 0) is 131 Å². The molecule has 11 rings (SSSR count). The Morgan fingerprint density at radius 1 is 0.162 bits per heavy atom. The minimum Gasteiger partial charge on any atom is -0.0622 e. The van der Waals surface area contributed by atoms with Gasteiger partial charge >= 0.3 is 0 Å². The summed E-state index contributed by atoms with van der Waals surface area (Å²) in [6.45, 7) is 0. The molecule has 11 aromatic carbocycles. The van der Waals surface area contributed by atoms with Crippen molar-refractivity contribution in [2.75, 3.05) is 0 Å². The van der Waals surface area contributed by atoms with Crippen LogP contribution in [0.25, 0.3) is 22.3 Å². The summed E-state index contributed by atoms with van der Waals surface area (Å²) in [4.78, 5) is 0. The van der Waals surface area contributed by atoms with Crippen molar-refractivity contribution >= 4 is 74.1 Å². The van der Waals surface area contributed by atoms with Crippen LogP contribution in [0.15, 0.2) is 303 Å². The Labute approximate surface area is 443 Å². The molecule has 74 heavy (non-hydrogen) atoms. The van der Waals surface area contributed by atoms with Gasteiger partial charge in [-0.25, -0.2) is 0 Å². The third-order valence-electron chi connectivity index (χ3n) is 13.8. The van der Waals surface area contributed by atoms with E-state index in [0.717, 1.165) is 24.6 Å². The SMILES string of the molecule is c1ccc(P(Cc2ccccc2-c2cc(CP(c3ccccc3)c3ccccc3)c(-c3ccccc3CP(c3ccccc3)c3ccccc3)cc2CP(c2ccccc2)c2ccccc2)c2ccccc2)cc1. The second kappa shape index (κ2) is 24.4. The zero-order chi connectivity index (χ0) is 49.7. The third-order valence-corrected chi connectivity index (χ3v) is 23.8. The summed E-state index contributed by atoms with van der Waals surface area (Å²) in [5.41, 5.74) is 10.9. The maximum atomic E-state index is 2.66. The van der Waals surface area contributed by atoms with Crippen LogP contribution in [0.5, 0.6) is 0 Å². The molecule has 0 saturated carbocycles. The number of hydrogen-bond donors (Lipinski definition) is 0. The van der Waals surface area contributed by atoms with Crippen LogP contribution >= 0.6 is 31.7 Å². The Morgan fingerprint density at radius 2 is 0.338 bits per heavy atom. The fourth-order valence-electron chi connectivity index (χ4n) is 10.2. The Morgan fingerprint density at radius 3 is 0.554 bits per heavy atom. The highest BCUT2D eigenvalue weighted by Gasteiger charge is 2.26. The molecule has 0 aromatic heterocycles. The van der Waals surface area contributed by atoms with Gasteiger partial charge in [-0.3, -0.25) is 0 Å². The van der Waals surface area contributed by atoms with Gasteiger partial charge < -0.3 is 0 Å². The van der Waals surface area contributed by atoms with E-state index in [1.165, 1.54) is 86.9 Å². The van der Waals surface area contributed by atoms with Crippen molar-refractivity contribution in [3.8, 4) is 22.3 Å². The largest absolute Gasteiger partial charge is 0.0622 e. The van der Waals surface area contributed by atoms with Crippen LogP contribution in [0, 0.1) is 0 Å². The molecule has 0 aliphatic carbocycles. The first-order valence-electron chi connectivity index (χ1n) is 25.6. The molecule has 0 saturated heterocycles. The van der Waals surface area contributed by atoms with Gasteiger partial charge in [0, 0.05) is 24.6 Å². The monoisotopic (exact) mass is 1020 g/mol. The zero-order valence-corrected chi connectivity index (χ0v) is 45.1. The van der Waals surface area contributed by atoms with E-state index in [0.29, 0.717) is 0 Å². The van der Waals surface area contributed by atoms with Crippen LogP contribution in [0.1, 0.15) is 22.3 Å². The van der Waals surface area contributed by atoms with Crippen molar-refractivity contribution in [2.45, 2.75) is 24.6 Å². The van der Waals surface area contributed by atoms with Gasteiger partial charge in [0.1, 0.15) is 0 Å². The third kappa shape index (κ3) is 11.7. The predicted octanol–water partition coefficient (Wildman–Crippen LogP) is 15.6. The molecule has 0 amide bonds. The van der Waals surface area contributed by atoms with Crippen molar-refractivity contribution in [2.24, 2.45) is 0 Å². The van der Waals surface area contributed by atoms with E-state index in [1.807, 2.05) is 0 Å². The molecule has 0 spiro atoms. The molecule has 0 aliphatic rings. The Kier molecular flexibility index (Phi) is 16.3. The summed E-state index contributed by atoms with van der Waals surface area (Å²) in [6.07, 6.45) is 3.69. The number of benzene rings is 11. The molecule has 0 unspecified atom stereocenters. The van der Waals surface area contributed by atoms with Gasteiger partial charge in [-0.1, -0.05) is 291 Å². The molecule has 0 atom stereocenters. The smallest absolute Gasteiger partial charge is 0.00138 e. The highest BCUT2D eigenvalue weighted by molar-refractivity contribution is 7.73. The van der Waals surface area contributed by atoms with E-state index in [4.69, 9.17) is 0 Å². The van der Waals surface area contributed by atoms with Gasteiger partial charge in [-0.15, -0.1) is 0 Å². The minimum atomic E-state index is -0.783. The Bertz CT molecular complexity index is 3090. The van der Waals surface area contributed by atoms with Crippen molar-refractivity contribution in [1.29, 1.82) is 0 Å². The van der Waals surface area contributed by atoms with Crippen LogP contribution in [0.3, 0.4) is 0 Å². The lowest BCUT2D eigenvalue weighted by Crippen LogP contribution is -2.15. The second-order valence-electron chi connectivity index (χ2n) is 18.5. The first kappa shape index (κ1) is 49.4. The molecule has 0 nitrogen and oxygen atoms in total. The quantitative estimate of drug-likeness (QED) is 0.0752. The first-order chi connectivity index (χ1) is 36.7. The van der Waals surface area contributed by atoms with Crippen LogP contribution < -0.4 is 42.4 Å². The molecule has 0 N–H and O–H groups in total. The fourth-order valence-corrected chi connectivity index (χ4v) is 19.5. The molecular weight excluding hydrogens is 965 g/mol. The zero-order valence-electron chi connectivity index (χ0n) is 41.5. The van der Waals surface area contributed by atoms with E-state index in [1.54, 1.807) is 0 Å². The lowest BCUT2D eigenvalue weighted by molar-refractivity contribution is 1.30. The molecular formula is C70H58P4. The van der Waals surface area contributed by atoms with Crippen molar-refractivity contribution in [3.05, 3.63) is 326 Å². The Hall–Kier alpha value is -6.86. The maximum Gasteiger partial charge on any atom is 0.00138 e. The summed E-state index contributed by atoms with van der Waals surface area (Å²) in [5.74, 6) is 0. The molecule has 11 aromatic rings. The van der Waals surface area contributed by atoms with E-state index >= 15 is 0 Å². The molecule has 0 heterocycles. The van der Waals surface area contributed by atoms with Crippen molar-refractivity contribution in [1.82, 2.24) is 0 Å². The molecule has 4 heteroatoms. The van der Waals surface area contributed by atoms with Gasteiger partial charge in [0.15, 0.2) is 0 Å². The first-order valence-corrected chi connectivity index (χ1v) is 31.7. The summed E-state index contributed by atoms with van der Waals surface area (Å²) in [5, 5.41) is 11.2. The van der Waals surface area contributed by atoms with Gasteiger partial charge in [0.05, 0.1) is 0 Å². The lowest BCUT2D eigenvalue weighted by atomic mass is 9.89. The number of hydrogen-bond acceptors (Lipinski definition) is 0. The molecule has 358 valence electrons. The molecule has 0 bridgehead atoms.